The van der Waals surface area contributed by atoms with Gasteiger partial charge in [0, 0.05) is 28.4 Å². The fourth-order valence-corrected chi connectivity index (χ4v) is 5.26. The van der Waals surface area contributed by atoms with Crippen LogP contribution in [0.5, 0.6) is 0 Å². The summed E-state index contributed by atoms with van der Waals surface area (Å²) in [5.41, 5.74) is 2.92. The van der Waals surface area contributed by atoms with Crippen molar-refractivity contribution in [2.75, 3.05) is 6.61 Å². The van der Waals surface area contributed by atoms with Crippen LogP contribution in [0.4, 0.5) is 4.39 Å². The summed E-state index contributed by atoms with van der Waals surface area (Å²) < 4.78 is 19.6. The van der Waals surface area contributed by atoms with Gasteiger partial charge in [-0.15, -0.1) is 0 Å². The molecule has 2 heterocycles. The number of hydrogen-bond acceptors (Lipinski definition) is 3. The van der Waals surface area contributed by atoms with Gasteiger partial charge in [-0.2, -0.15) is 0 Å². The van der Waals surface area contributed by atoms with Crippen LogP contribution in [-0.2, 0) is 16.0 Å². The smallest absolute Gasteiger partial charge is 0.166 e. The number of hydrogen-bond donors (Lipinski definition) is 0. The molecule has 154 valence electrons. The molecule has 1 spiro atoms. The van der Waals surface area contributed by atoms with Gasteiger partial charge in [0.1, 0.15) is 11.9 Å². The highest BCUT2D eigenvalue weighted by atomic mass is 35.5. The second-order valence-corrected chi connectivity index (χ2v) is 9.10. The zero-order valence-corrected chi connectivity index (χ0v) is 17.4. The van der Waals surface area contributed by atoms with E-state index in [0.717, 1.165) is 42.1 Å². The van der Waals surface area contributed by atoms with Crippen molar-refractivity contribution in [3.05, 3.63) is 76.7 Å². The predicted octanol–water partition coefficient (Wildman–Crippen LogP) is 5.88. The molecular formula is C25H23ClFNO2. The molecule has 0 amide bonds. The van der Waals surface area contributed by atoms with Gasteiger partial charge in [0.2, 0.25) is 0 Å². The molecule has 0 bridgehead atoms. The van der Waals surface area contributed by atoms with E-state index in [1.807, 2.05) is 36.5 Å². The van der Waals surface area contributed by atoms with E-state index < -0.39 is 0 Å². The van der Waals surface area contributed by atoms with Crippen LogP contribution in [0.2, 0.25) is 5.02 Å². The first-order valence-electron chi connectivity index (χ1n) is 10.5. The fourth-order valence-electron chi connectivity index (χ4n) is 5.14. The first kappa shape index (κ1) is 19.7. The quantitative estimate of drug-likeness (QED) is 0.525. The zero-order valence-electron chi connectivity index (χ0n) is 16.6. The van der Waals surface area contributed by atoms with Crippen molar-refractivity contribution in [2.24, 2.45) is 5.41 Å². The van der Waals surface area contributed by atoms with E-state index in [2.05, 4.69) is 4.98 Å². The SMILES string of the molecule is O=C(Cc1ccc(Cl)cc1)C1OCC12CCC(c1ccnc3ccc(F)cc13)CC2. The summed E-state index contributed by atoms with van der Waals surface area (Å²) in [4.78, 5) is 17.3. The highest BCUT2D eigenvalue weighted by Crippen LogP contribution is 2.52. The molecule has 2 aromatic carbocycles. The third-order valence-electron chi connectivity index (χ3n) is 6.84. The second-order valence-electron chi connectivity index (χ2n) is 8.66. The molecule has 3 aromatic rings. The summed E-state index contributed by atoms with van der Waals surface area (Å²) in [6, 6.07) is 14.2. The maximum Gasteiger partial charge on any atom is 0.166 e. The molecule has 2 fully saturated rings. The van der Waals surface area contributed by atoms with Crippen molar-refractivity contribution in [1.29, 1.82) is 0 Å². The number of ketones is 1. The minimum absolute atomic E-state index is 0.0475. The van der Waals surface area contributed by atoms with E-state index in [1.165, 1.54) is 11.6 Å². The number of benzene rings is 2. The Labute approximate surface area is 180 Å². The lowest BCUT2D eigenvalue weighted by molar-refractivity contribution is -0.203. The number of ether oxygens (including phenoxy) is 1. The highest BCUT2D eigenvalue weighted by Gasteiger charge is 2.53. The Morgan fingerprint density at radius 2 is 1.90 bits per heavy atom. The summed E-state index contributed by atoms with van der Waals surface area (Å²) in [6.45, 7) is 0.655. The molecule has 2 aliphatic rings. The van der Waals surface area contributed by atoms with Gasteiger partial charge in [-0.05, 0) is 79.1 Å². The molecule has 1 aliphatic heterocycles. The van der Waals surface area contributed by atoms with Gasteiger partial charge in [-0.1, -0.05) is 23.7 Å². The number of carbonyl (C=O) groups excluding carboxylic acids is 1. The Balaban J connectivity index is 1.29. The highest BCUT2D eigenvalue weighted by molar-refractivity contribution is 6.30. The third-order valence-corrected chi connectivity index (χ3v) is 7.09. The molecule has 0 radical (unpaired) electrons. The molecule has 1 saturated carbocycles. The summed E-state index contributed by atoms with van der Waals surface area (Å²) in [5, 5.41) is 1.57. The molecule has 1 aliphatic carbocycles. The molecule has 5 heteroatoms. The van der Waals surface area contributed by atoms with Crippen molar-refractivity contribution in [2.45, 2.75) is 44.1 Å². The van der Waals surface area contributed by atoms with Gasteiger partial charge >= 0.3 is 0 Å². The molecule has 1 saturated heterocycles. The van der Waals surface area contributed by atoms with Gasteiger partial charge in [0.25, 0.3) is 0 Å². The van der Waals surface area contributed by atoms with Gasteiger partial charge < -0.3 is 4.74 Å². The molecule has 1 aromatic heterocycles. The third kappa shape index (κ3) is 3.52. The Kier molecular flexibility index (Phi) is 5.08. The molecule has 30 heavy (non-hydrogen) atoms. The standard InChI is InChI=1S/C25H23ClFNO2/c26-18-3-1-16(2-4-18)13-23(29)24-25(15-30-24)10-7-17(8-11-25)20-9-12-28-22-6-5-19(27)14-21(20)22/h1-6,9,12,14,17,24H,7-8,10-11,13,15H2. The summed E-state index contributed by atoms with van der Waals surface area (Å²) in [5.74, 6) is 0.276. The monoisotopic (exact) mass is 423 g/mol. The fraction of sp³-hybridized carbons (Fsp3) is 0.360. The summed E-state index contributed by atoms with van der Waals surface area (Å²) >= 11 is 5.94. The molecular weight excluding hydrogens is 401 g/mol. The number of rotatable bonds is 4. The Bertz CT molecular complexity index is 1090. The average molecular weight is 424 g/mol. The van der Waals surface area contributed by atoms with Crippen molar-refractivity contribution in [1.82, 2.24) is 4.98 Å². The zero-order chi connectivity index (χ0) is 20.7. The number of nitrogens with zero attached hydrogens (tertiary/aromatic N) is 1. The summed E-state index contributed by atoms with van der Waals surface area (Å²) in [7, 11) is 0. The first-order valence-corrected chi connectivity index (χ1v) is 10.8. The van der Waals surface area contributed by atoms with E-state index in [1.54, 1.807) is 12.1 Å². The van der Waals surface area contributed by atoms with Crippen LogP contribution in [0, 0.1) is 11.2 Å². The largest absolute Gasteiger partial charge is 0.369 e. The normalized spacial score (nSPS) is 25.9. The van der Waals surface area contributed by atoms with E-state index >= 15 is 0 Å². The Morgan fingerprint density at radius 3 is 2.60 bits per heavy atom. The average Bonchev–Trinajstić information content (AvgIpc) is 2.74. The number of Topliss-reactive ketones (excluding diaryl/α,β-unsaturated/α-hetero) is 1. The number of fused-ring (bicyclic) bond motifs is 1. The van der Waals surface area contributed by atoms with Crippen molar-refractivity contribution in [3.63, 3.8) is 0 Å². The predicted molar refractivity (Wildman–Crippen MR) is 115 cm³/mol. The topological polar surface area (TPSA) is 39.2 Å². The minimum atomic E-state index is -0.319. The van der Waals surface area contributed by atoms with Gasteiger partial charge in [0.15, 0.2) is 5.78 Å². The lowest BCUT2D eigenvalue weighted by Crippen LogP contribution is -2.57. The molecule has 5 rings (SSSR count). The number of aromatic nitrogens is 1. The maximum atomic E-state index is 13.8. The van der Waals surface area contributed by atoms with E-state index in [9.17, 15) is 9.18 Å². The minimum Gasteiger partial charge on any atom is -0.369 e. The van der Waals surface area contributed by atoms with Crippen LogP contribution in [0.15, 0.2) is 54.7 Å². The summed E-state index contributed by atoms with van der Waals surface area (Å²) in [6.07, 6.45) is 5.72. The van der Waals surface area contributed by atoms with Crippen molar-refractivity contribution < 1.29 is 13.9 Å². The molecule has 0 N–H and O–H groups in total. The van der Waals surface area contributed by atoms with Crippen LogP contribution in [-0.4, -0.2) is 23.5 Å². The first-order chi connectivity index (χ1) is 14.5. The number of pyridine rings is 1. The van der Waals surface area contributed by atoms with Crippen LogP contribution < -0.4 is 0 Å². The van der Waals surface area contributed by atoms with Crippen molar-refractivity contribution in [3.8, 4) is 0 Å². The molecule has 3 nitrogen and oxygen atoms in total. The van der Waals surface area contributed by atoms with Crippen LogP contribution in [0.1, 0.15) is 42.7 Å². The van der Waals surface area contributed by atoms with E-state index in [0.29, 0.717) is 24.0 Å². The van der Waals surface area contributed by atoms with Crippen LogP contribution in [0.3, 0.4) is 0 Å². The van der Waals surface area contributed by atoms with Crippen LogP contribution in [0.25, 0.3) is 10.9 Å². The van der Waals surface area contributed by atoms with Gasteiger partial charge in [-0.3, -0.25) is 9.78 Å². The van der Waals surface area contributed by atoms with E-state index in [-0.39, 0.29) is 23.1 Å². The van der Waals surface area contributed by atoms with Gasteiger partial charge in [0.05, 0.1) is 12.1 Å². The second kappa shape index (κ2) is 7.75. The van der Waals surface area contributed by atoms with Crippen LogP contribution >= 0.6 is 11.6 Å². The van der Waals surface area contributed by atoms with Crippen molar-refractivity contribution >= 4 is 28.3 Å². The lowest BCUT2D eigenvalue weighted by atomic mass is 9.62. The molecule has 1 unspecified atom stereocenters. The number of halogens is 2. The number of carbonyl (C=O) groups is 1. The lowest BCUT2D eigenvalue weighted by Gasteiger charge is -2.52. The van der Waals surface area contributed by atoms with E-state index in [4.69, 9.17) is 16.3 Å². The van der Waals surface area contributed by atoms with Gasteiger partial charge in [-0.25, -0.2) is 4.39 Å². The molecule has 1 atom stereocenters. The Morgan fingerprint density at radius 1 is 1.13 bits per heavy atom. The maximum absolute atomic E-state index is 13.8. The Hall–Kier alpha value is -2.30.